The zero-order valence-corrected chi connectivity index (χ0v) is 11.3. The monoisotopic (exact) mass is 264 g/mol. The van der Waals surface area contributed by atoms with E-state index in [0.29, 0.717) is 12.8 Å². The van der Waals surface area contributed by atoms with Gasteiger partial charge in [0.15, 0.2) is 0 Å². The van der Waals surface area contributed by atoms with Crippen molar-refractivity contribution < 1.29 is 14.1 Å². The molecule has 0 spiro atoms. The molecule has 18 heavy (non-hydrogen) atoms. The molecule has 1 aromatic rings. The van der Waals surface area contributed by atoms with Crippen LogP contribution in [0.25, 0.3) is 0 Å². The largest absolute Gasteiger partial charge is 0.466 e. The van der Waals surface area contributed by atoms with Gasteiger partial charge in [-0.1, -0.05) is 42.5 Å². The van der Waals surface area contributed by atoms with Gasteiger partial charge in [-0.25, -0.2) is 0 Å². The summed E-state index contributed by atoms with van der Waals surface area (Å²) in [4.78, 5) is 11.5. The van der Waals surface area contributed by atoms with Crippen molar-refractivity contribution in [3.05, 3.63) is 42.5 Å². The molecule has 0 fully saturated rings. The maximum Gasteiger partial charge on any atom is 0.306 e. The Morgan fingerprint density at radius 3 is 2.78 bits per heavy atom. The normalized spacial score (nSPS) is 26.2. The van der Waals surface area contributed by atoms with E-state index in [1.54, 1.807) is 6.92 Å². The second-order valence-electron chi connectivity index (χ2n) is 4.32. The number of carbonyl (C=O) groups is 1. The van der Waals surface area contributed by atoms with Crippen molar-refractivity contribution in [1.29, 1.82) is 0 Å². The van der Waals surface area contributed by atoms with Crippen molar-refractivity contribution in [2.24, 2.45) is 0 Å². The molecule has 1 unspecified atom stereocenters. The molecule has 4 heteroatoms. The number of carbonyl (C=O) groups excluding carboxylic acids is 1. The van der Waals surface area contributed by atoms with E-state index in [2.05, 4.69) is 0 Å². The predicted molar refractivity (Wildman–Crippen MR) is 72.7 cm³/mol. The Balaban J connectivity index is 2.18. The van der Waals surface area contributed by atoms with Gasteiger partial charge >= 0.3 is 5.97 Å². The molecule has 0 saturated heterocycles. The number of rotatable bonds is 4. The maximum absolute atomic E-state index is 13.0. The number of hydrogen-bond acceptors (Lipinski definition) is 3. The third-order valence-corrected chi connectivity index (χ3v) is 6.50. The summed E-state index contributed by atoms with van der Waals surface area (Å²) in [6.45, 7) is 2.14. The van der Waals surface area contributed by atoms with E-state index in [-0.39, 0.29) is 18.0 Å². The van der Waals surface area contributed by atoms with Crippen LogP contribution in [0.3, 0.4) is 0 Å². The fourth-order valence-electron chi connectivity index (χ4n) is 2.23. The number of ether oxygens (including phenoxy) is 1. The van der Waals surface area contributed by atoms with Crippen LogP contribution in [0.5, 0.6) is 0 Å². The summed E-state index contributed by atoms with van der Waals surface area (Å²) in [5.41, 5.74) is -0.209. The van der Waals surface area contributed by atoms with E-state index in [1.807, 2.05) is 42.5 Å². The molecule has 0 amide bonds. The molecule has 96 valence electrons. The molecule has 0 N–H and O–H groups in total. The molecule has 0 aromatic heterocycles. The summed E-state index contributed by atoms with van der Waals surface area (Å²) < 4.78 is 18.0. The standard InChI is InChI=1S/C14H17O3P/c1-2-17-14(15)11-13-9-6-10-18(13,16)12-7-4-3-5-8-12/h3-9,13H,2,10-11H2,1H3/t13-,18?/m1/s1. The van der Waals surface area contributed by atoms with Crippen LogP contribution in [0.15, 0.2) is 42.5 Å². The van der Waals surface area contributed by atoms with E-state index >= 15 is 0 Å². The van der Waals surface area contributed by atoms with E-state index in [0.717, 1.165) is 5.30 Å². The predicted octanol–water partition coefficient (Wildman–Crippen LogP) is 2.57. The summed E-state index contributed by atoms with van der Waals surface area (Å²) in [7, 11) is -2.52. The Labute approximate surface area is 107 Å². The van der Waals surface area contributed by atoms with Crippen LogP contribution in [-0.4, -0.2) is 24.4 Å². The molecule has 1 aliphatic heterocycles. The van der Waals surface area contributed by atoms with Crippen LogP contribution in [0.4, 0.5) is 0 Å². The fourth-order valence-corrected chi connectivity index (χ4v) is 5.05. The lowest BCUT2D eigenvalue weighted by Gasteiger charge is -2.20. The van der Waals surface area contributed by atoms with E-state index in [9.17, 15) is 9.36 Å². The van der Waals surface area contributed by atoms with Crippen LogP contribution in [0, 0.1) is 0 Å². The molecule has 0 radical (unpaired) electrons. The zero-order valence-electron chi connectivity index (χ0n) is 10.4. The molecular weight excluding hydrogens is 247 g/mol. The van der Waals surface area contributed by atoms with Crippen LogP contribution >= 0.6 is 7.14 Å². The van der Waals surface area contributed by atoms with Gasteiger partial charge in [0.2, 0.25) is 0 Å². The van der Waals surface area contributed by atoms with E-state index in [1.165, 1.54) is 0 Å². The molecule has 2 atom stereocenters. The third-order valence-electron chi connectivity index (χ3n) is 3.14. The molecule has 1 aromatic carbocycles. The maximum atomic E-state index is 13.0. The van der Waals surface area contributed by atoms with Gasteiger partial charge in [-0.2, -0.15) is 0 Å². The topological polar surface area (TPSA) is 43.4 Å². The second-order valence-corrected chi connectivity index (χ2v) is 7.45. The lowest BCUT2D eigenvalue weighted by atomic mass is 10.3. The highest BCUT2D eigenvalue weighted by molar-refractivity contribution is 7.73. The van der Waals surface area contributed by atoms with Crippen LogP contribution in [-0.2, 0) is 14.1 Å². The van der Waals surface area contributed by atoms with Crippen molar-refractivity contribution in [2.75, 3.05) is 12.8 Å². The molecule has 3 nitrogen and oxygen atoms in total. The second kappa shape index (κ2) is 5.53. The minimum Gasteiger partial charge on any atom is -0.466 e. The van der Waals surface area contributed by atoms with Gasteiger partial charge in [0.25, 0.3) is 0 Å². The Kier molecular flexibility index (Phi) is 4.03. The summed E-state index contributed by atoms with van der Waals surface area (Å²) in [6.07, 6.45) is 4.56. The molecule has 2 rings (SSSR count). The van der Waals surface area contributed by atoms with Crippen molar-refractivity contribution in [3.63, 3.8) is 0 Å². The average Bonchev–Trinajstić information content (AvgIpc) is 2.74. The SMILES string of the molecule is CCOC(=O)C[C@H]1C=CCP1(=O)c1ccccc1. The molecule has 1 heterocycles. The molecule has 0 bridgehead atoms. The zero-order chi connectivity index (χ0) is 13.0. The average molecular weight is 264 g/mol. The highest BCUT2D eigenvalue weighted by Crippen LogP contribution is 2.54. The smallest absolute Gasteiger partial charge is 0.306 e. The van der Waals surface area contributed by atoms with Crippen LogP contribution < -0.4 is 5.30 Å². The Hall–Kier alpha value is -1.34. The van der Waals surface area contributed by atoms with Gasteiger partial charge in [-0.15, -0.1) is 0 Å². The Morgan fingerprint density at radius 2 is 2.11 bits per heavy atom. The third kappa shape index (κ3) is 2.56. The van der Waals surface area contributed by atoms with Gasteiger partial charge in [-0.05, 0) is 6.92 Å². The first-order valence-corrected chi connectivity index (χ1v) is 8.09. The van der Waals surface area contributed by atoms with Crippen molar-refractivity contribution >= 4 is 18.4 Å². The first-order chi connectivity index (χ1) is 8.66. The number of esters is 1. The molecule has 0 saturated carbocycles. The van der Waals surface area contributed by atoms with Crippen molar-refractivity contribution in [2.45, 2.75) is 19.0 Å². The molecule has 1 aliphatic rings. The summed E-state index contributed by atoms with van der Waals surface area (Å²) >= 11 is 0. The van der Waals surface area contributed by atoms with Gasteiger partial charge < -0.3 is 9.30 Å². The minimum atomic E-state index is -2.52. The van der Waals surface area contributed by atoms with Crippen molar-refractivity contribution in [3.8, 4) is 0 Å². The van der Waals surface area contributed by atoms with Crippen LogP contribution in [0.1, 0.15) is 13.3 Å². The molecule has 0 aliphatic carbocycles. The highest BCUT2D eigenvalue weighted by Gasteiger charge is 2.37. The number of allylic oxidation sites excluding steroid dienone is 2. The summed E-state index contributed by atoms with van der Waals surface area (Å²) in [5.74, 6) is -0.273. The summed E-state index contributed by atoms with van der Waals surface area (Å²) in [5, 5.41) is 0.851. The van der Waals surface area contributed by atoms with Crippen LogP contribution in [0.2, 0.25) is 0 Å². The van der Waals surface area contributed by atoms with E-state index in [4.69, 9.17) is 4.74 Å². The van der Waals surface area contributed by atoms with Gasteiger partial charge in [-0.3, -0.25) is 4.79 Å². The fraction of sp³-hybridized carbons (Fsp3) is 0.357. The highest BCUT2D eigenvalue weighted by atomic mass is 31.2. The van der Waals surface area contributed by atoms with Gasteiger partial charge in [0.1, 0.15) is 7.14 Å². The number of benzene rings is 1. The lowest BCUT2D eigenvalue weighted by Crippen LogP contribution is -2.19. The first kappa shape index (κ1) is 13.1. The molecular formula is C14H17O3P. The Morgan fingerprint density at radius 1 is 1.39 bits per heavy atom. The quantitative estimate of drug-likeness (QED) is 0.477. The Bertz CT molecular complexity index is 493. The minimum absolute atomic E-state index is 0.205. The number of hydrogen-bond donors (Lipinski definition) is 0. The first-order valence-electron chi connectivity index (χ1n) is 6.13. The summed E-state index contributed by atoms with van der Waals surface area (Å²) in [6, 6.07) is 9.43. The van der Waals surface area contributed by atoms with Crippen molar-refractivity contribution in [1.82, 2.24) is 0 Å². The van der Waals surface area contributed by atoms with Gasteiger partial charge in [0.05, 0.1) is 13.0 Å². The van der Waals surface area contributed by atoms with Gasteiger partial charge in [0, 0.05) is 17.1 Å². The van der Waals surface area contributed by atoms with E-state index < -0.39 is 7.14 Å². The lowest BCUT2D eigenvalue weighted by molar-refractivity contribution is -0.142.